The molecule has 2 aliphatic rings. The molecule has 0 aromatic carbocycles. The Morgan fingerprint density at radius 1 is 1.18 bits per heavy atom. The second kappa shape index (κ2) is 6.21. The Bertz CT molecular complexity index is 298. The molecule has 0 aromatic rings. The largest absolute Gasteiger partial charge is 0.352 e. The predicted octanol–water partition coefficient (Wildman–Crippen LogP) is -0.212. The fourth-order valence-corrected chi connectivity index (χ4v) is 2.93. The van der Waals surface area contributed by atoms with Crippen LogP contribution in [0.1, 0.15) is 25.7 Å². The Morgan fingerprint density at radius 3 is 2.47 bits per heavy atom. The molecule has 2 rings (SSSR count). The maximum absolute atomic E-state index is 11.5. The molecule has 5 nitrogen and oxygen atoms in total. The SMILES string of the molecule is Cl.NCC(=O)NCC(=O)NC1CC2CCC1C2. The first kappa shape index (κ1) is 14.3. The minimum absolute atomic E-state index is 0. The number of nitrogens with one attached hydrogen (secondary N) is 2. The van der Waals surface area contributed by atoms with E-state index in [0.717, 1.165) is 12.3 Å². The van der Waals surface area contributed by atoms with Gasteiger partial charge < -0.3 is 16.4 Å². The summed E-state index contributed by atoms with van der Waals surface area (Å²) >= 11 is 0. The second-order valence-corrected chi connectivity index (χ2v) is 4.83. The molecule has 0 spiro atoms. The summed E-state index contributed by atoms with van der Waals surface area (Å²) in [7, 11) is 0. The van der Waals surface area contributed by atoms with E-state index in [9.17, 15) is 9.59 Å². The zero-order valence-electron chi connectivity index (χ0n) is 9.78. The van der Waals surface area contributed by atoms with Crippen molar-refractivity contribution >= 4 is 24.2 Å². The number of halogens is 1. The number of nitrogens with two attached hydrogens (primary N) is 1. The van der Waals surface area contributed by atoms with Crippen molar-refractivity contribution in [2.24, 2.45) is 17.6 Å². The minimum atomic E-state index is -0.289. The number of carbonyl (C=O) groups excluding carboxylic acids is 2. The highest BCUT2D eigenvalue weighted by Crippen LogP contribution is 2.44. The molecule has 98 valence electrons. The average molecular weight is 262 g/mol. The van der Waals surface area contributed by atoms with Crippen molar-refractivity contribution in [3.05, 3.63) is 0 Å². The van der Waals surface area contributed by atoms with Gasteiger partial charge >= 0.3 is 0 Å². The summed E-state index contributed by atoms with van der Waals surface area (Å²) in [6.07, 6.45) is 4.94. The van der Waals surface area contributed by atoms with Crippen LogP contribution in [0.15, 0.2) is 0 Å². The van der Waals surface area contributed by atoms with Gasteiger partial charge in [-0.25, -0.2) is 0 Å². The van der Waals surface area contributed by atoms with Gasteiger partial charge in [-0.2, -0.15) is 0 Å². The third kappa shape index (κ3) is 3.57. The smallest absolute Gasteiger partial charge is 0.239 e. The molecule has 0 heterocycles. The van der Waals surface area contributed by atoms with Crippen LogP contribution in [0, 0.1) is 11.8 Å². The van der Waals surface area contributed by atoms with E-state index >= 15 is 0 Å². The second-order valence-electron chi connectivity index (χ2n) is 4.83. The summed E-state index contributed by atoms with van der Waals surface area (Å²) in [5.41, 5.74) is 5.13. The molecule has 0 aromatic heterocycles. The summed E-state index contributed by atoms with van der Waals surface area (Å²) in [5, 5.41) is 5.47. The number of hydrogen-bond donors (Lipinski definition) is 3. The fourth-order valence-electron chi connectivity index (χ4n) is 2.93. The maximum Gasteiger partial charge on any atom is 0.239 e. The van der Waals surface area contributed by atoms with E-state index < -0.39 is 0 Å². The van der Waals surface area contributed by atoms with Gasteiger partial charge in [-0.1, -0.05) is 6.42 Å². The van der Waals surface area contributed by atoms with Gasteiger partial charge in [0.15, 0.2) is 0 Å². The Hall–Kier alpha value is -0.810. The number of rotatable bonds is 4. The van der Waals surface area contributed by atoms with Gasteiger partial charge in [-0.15, -0.1) is 12.4 Å². The molecule has 17 heavy (non-hydrogen) atoms. The molecule has 0 radical (unpaired) electrons. The third-order valence-electron chi connectivity index (χ3n) is 3.72. The average Bonchev–Trinajstić information content (AvgIpc) is 2.87. The topological polar surface area (TPSA) is 84.2 Å². The quantitative estimate of drug-likeness (QED) is 0.655. The van der Waals surface area contributed by atoms with Crippen LogP contribution in [0.5, 0.6) is 0 Å². The molecule has 2 bridgehead atoms. The van der Waals surface area contributed by atoms with E-state index in [4.69, 9.17) is 5.73 Å². The number of hydrogen-bond acceptors (Lipinski definition) is 3. The van der Waals surface area contributed by atoms with Crippen molar-refractivity contribution in [2.75, 3.05) is 13.1 Å². The first-order chi connectivity index (χ1) is 7.69. The molecule has 0 aliphatic heterocycles. The zero-order chi connectivity index (χ0) is 11.5. The predicted molar refractivity (Wildman–Crippen MR) is 66.7 cm³/mol. The molecular formula is C11H20ClN3O2. The van der Waals surface area contributed by atoms with E-state index in [1.807, 2.05) is 0 Å². The van der Waals surface area contributed by atoms with Crippen molar-refractivity contribution in [3.8, 4) is 0 Å². The van der Waals surface area contributed by atoms with Gasteiger partial charge in [0.1, 0.15) is 0 Å². The van der Waals surface area contributed by atoms with E-state index in [1.54, 1.807) is 0 Å². The number of carbonyl (C=O) groups is 2. The Morgan fingerprint density at radius 2 is 1.94 bits per heavy atom. The molecule has 4 N–H and O–H groups in total. The van der Waals surface area contributed by atoms with E-state index in [2.05, 4.69) is 10.6 Å². The first-order valence-electron chi connectivity index (χ1n) is 5.95. The van der Waals surface area contributed by atoms with Crippen LogP contribution in [0.4, 0.5) is 0 Å². The molecule has 2 amide bonds. The van der Waals surface area contributed by atoms with Crippen molar-refractivity contribution in [2.45, 2.75) is 31.7 Å². The van der Waals surface area contributed by atoms with Crippen LogP contribution >= 0.6 is 12.4 Å². The lowest BCUT2D eigenvalue weighted by molar-refractivity contribution is -0.125. The fraction of sp³-hybridized carbons (Fsp3) is 0.818. The van der Waals surface area contributed by atoms with Gasteiger partial charge in [0.2, 0.25) is 11.8 Å². The lowest BCUT2D eigenvalue weighted by Crippen LogP contribution is -2.45. The van der Waals surface area contributed by atoms with E-state index in [0.29, 0.717) is 12.0 Å². The summed E-state index contributed by atoms with van der Waals surface area (Å²) in [5.74, 6) is 1.09. The lowest BCUT2D eigenvalue weighted by atomic mass is 9.95. The molecule has 3 atom stereocenters. The van der Waals surface area contributed by atoms with Crippen molar-refractivity contribution in [1.82, 2.24) is 10.6 Å². The van der Waals surface area contributed by atoms with Crippen LogP contribution in [0.3, 0.4) is 0 Å². The van der Waals surface area contributed by atoms with Gasteiger partial charge in [0.05, 0.1) is 13.1 Å². The lowest BCUT2D eigenvalue weighted by Gasteiger charge is -2.22. The number of fused-ring (bicyclic) bond motifs is 2. The van der Waals surface area contributed by atoms with Crippen molar-refractivity contribution in [3.63, 3.8) is 0 Å². The van der Waals surface area contributed by atoms with Gasteiger partial charge in [-0.3, -0.25) is 9.59 Å². The Kier molecular flexibility index (Phi) is 5.21. The monoisotopic (exact) mass is 261 g/mol. The maximum atomic E-state index is 11.5. The molecule has 0 saturated heterocycles. The van der Waals surface area contributed by atoms with Gasteiger partial charge in [0.25, 0.3) is 0 Å². The minimum Gasteiger partial charge on any atom is -0.352 e. The van der Waals surface area contributed by atoms with Crippen LogP contribution in [0.25, 0.3) is 0 Å². The zero-order valence-corrected chi connectivity index (χ0v) is 10.6. The summed E-state index contributed by atoms with van der Waals surface area (Å²) in [6, 6.07) is 0.334. The van der Waals surface area contributed by atoms with Crippen molar-refractivity contribution < 1.29 is 9.59 Å². The van der Waals surface area contributed by atoms with Crippen LogP contribution in [0.2, 0.25) is 0 Å². The first-order valence-corrected chi connectivity index (χ1v) is 5.95. The molecule has 6 heteroatoms. The van der Waals surface area contributed by atoms with E-state index in [-0.39, 0.29) is 37.3 Å². The summed E-state index contributed by atoms with van der Waals surface area (Å²) < 4.78 is 0. The van der Waals surface area contributed by atoms with Crippen LogP contribution in [-0.4, -0.2) is 30.9 Å². The van der Waals surface area contributed by atoms with Crippen molar-refractivity contribution in [1.29, 1.82) is 0 Å². The molecule has 2 aliphatic carbocycles. The van der Waals surface area contributed by atoms with Crippen LogP contribution in [-0.2, 0) is 9.59 Å². The molecule has 3 unspecified atom stereocenters. The molecule has 2 saturated carbocycles. The number of amides is 2. The molecule has 2 fully saturated rings. The van der Waals surface area contributed by atoms with Crippen LogP contribution < -0.4 is 16.4 Å². The Balaban J connectivity index is 0.00000144. The standard InChI is InChI=1S/C11H19N3O2.ClH/c12-5-10(15)13-6-11(16)14-9-4-7-1-2-8(9)3-7;/h7-9H,1-6,12H2,(H,13,15)(H,14,16);1H. The highest BCUT2D eigenvalue weighted by molar-refractivity contribution is 5.85. The normalized spacial score (nSPS) is 29.6. The van der Waals surface area contributed by atoms with E-state index in [1.165, 1.54) is 19.3 Å². The highest BCUT2D eigenvalue weighted by Gasteiger charge is 2.39. The summed E-state index contributed by atoms with van der Waals surface area (Å²) in [6.45, 7) is -0.0225. The Labute approximate surface area is 107 Å². The van der Waals surface area contributed by atoms with Gasteiger partial charge in [-0.05, 0) is 31.1 Å². The highest BCUT2D eigenvalue weighted by atomic mass is 35.5. The van der Waals surface area contributed by atoms with Gasteiger partial charge in [0, 0.05) is 6.04 Å². The third-order valence-corrected chi connectivity index (χ3v) is 3.72. The summed E-state index contributed by atoms with van der Waals surface area (Å²) in [4.78, 5) is 22.4. The molecular weight excluding hydrogens is 242 g/mol.